The number of carbonyl (C=O) groups excluding carboxylic acids is 2. The van der Waals surface area contributed by atoms with Gasteiger partial charge in [0.15, 0.2) is 0 Å². The van der Waals surface area contributed by atoms with Crippen LogP contribution >= 0.6 is 0 Å². The molecule has 0 amide bonds. The number of carboxylic acids is 2. The van der Waals surface area contributed by atoms with Crippen molar-refractivity contribution in [1.82, 2.24) is 0 Å². The number of hydrogen-bond acceptors (Lipinski definition) is 4. The second-order valence-corrected chi connectivity index (χ2v) is 3.57. The van der Waals surface area contributed by atoms with Crippen molar-refractivity contribution in [2.45, 2.75) is 13.3 Å². The van der Waals surface area contributed by atoms with Crippen LogP contribution < -0.4 is 91.2 Å². The van der Waals surface area contributed by atoms with Gasteiger partial charge in [-0.3, -0.25) is 0 Å². The van der Waals surface area contributed by atoms with Crippen LogP contribution in [0.1, 0.15) is 12.5 Å². The molecule has 0 atom stereocenters. The van der Waals surface area contributed by atoms with E-state index in [4.69, 9.17) is 0 Å². The standard InChI is InChI=1S/C11H12O4.K.Na/c1-11(9(12)13,10(14)15)7-8-5-3-2-4-6-8;;/h2-6H,7H2,1H3,(H,12,13)(H,14,15);;/q;2*+1/p-2. The van der Waals surface area contributed by atoms with Crippen molar-refractivity contribution in [3.8, 4) is 0 Å². The van der Waals surface area contributed by atoms with Crippen molar-refractivity contribution in [2.24, 2.45) is 5.41 Å². The Balaban J connectivity index is 0. The molecule has 1 rings (SSSR count). The van der Waals surface area contributed by atoms with Crippen molar-refractivity contribution in [3.05, 3.63) is 35.9 Å². The molecule has 0 saturated carbocycles. The van der Waals surface area contributed by atoms with Gasteiger partial charge in [-0.2, -0.15) is 0 Å². The Morgan fingerprint density at radius 2 is 1.53 bits per heavy atom. The van der Waals surface area contributed by atoms with Crippen molar-refractivity contribution in [2.75, 3.05) is 0 Å². The zero-order valence-electron chi connectivity index (χ0n) is 10.2. The van der Waals surface area contributed by atoms with Gasteiger partial charge in [-0.1, -0.05) is 30.3 Å². The molecule has 1 aromatic rings. The molecule has 0 aliphatic rings. The van der Waals surface area contributed by atoms with Crippen molar-refractivity contribution in [3.63, 3.8) is 0 Å². The Morgan fingerprint density at radius 1 is 1.12 bits per heavy atom. The van der Waals surface area contributed by atoms with Crippen molar-refractivity contribution >= 4 is 11.9 Å². The molecule has 0 aromatic heterocycles. The molecular formula is C11H10KNaO4. The number of aliphatic carboxylic acids is 2. The molecule has 0 radical (unpaired) electrons. The van der Waals surface area contributed by atoms with Crippen LogP contribution in [0.25, 0.3) is 0 Å². The van der Waals surface area contributed by atoms with Gasteiger partial charge in [0.25, 0.3) is 0 Å². The normalized spacial score (nSPS) is 9.71. The van der Waals surface area contributed by atoms with E-state index in [0.717, 1.165) is 6.92 Å². The van der Waals surface area contributed by atoms with E-state index in [1.807, 2.05) is 0 Å². The average molecular weight is 268 g/mol. The first-order valence-electron chi connectivity index (χ1n) is 4.43. The van der Waals surface area contributed by atoms with Gasteiger partial charge >= 0.3 is 80.9 Å². The summed E-state index contributed by atoms with van der Waals surface area (Å²) in [7, 11) is 0. The molecule has 17 heavy (non-hydrogen) atoms. The molecule has 4 nitrogen and oxygen atoms in total. The second kappa shape index (κ2) is 8.82. The maximum Gasteiger partial charge on any atom is 1.00 e. The van der Waals surface area contributed by atoms with Crippen LogP contribution in [0, 0.1) is 5.41 Å². The minimum Gasteiger partial charge on any atom is -0.549 e. The first kappa shape index (κ1) is 20.1. The van der Waals surface area contributed by atoms with Gasteiger partial charge in [0.2, 0.25) is 0 Å². The van der Waals surface area contributed by atoms with E-state index in [9.17, 15) is 19.8 Å². The molecule has 6 heteroatoms. The number of rotatable bonds is 4. The molecular weight excluding hydrogens is 258 g/mol. The summed E-state index contributed by atoms with van der Waals surface area (Å²) < 4.78 is 0. The van der Waals surface area contributed by atoms with E-state index in [1.54, 1.807) is 30.3 Å². The smallest absolute Gasteiger partial charge is 0.549 e. The quantitative estimate of drug-likeness (QED) is 0.401. The Kier molecular flexibility index (Phi) is 10.4. The Morgan fingerprint density at radius 3 is 1.88 bits per heavy atom. The topological polar surface area (TPSA) is 80.3 Å². The summed E-state index contributed by atoms with van der Waals surface area (Å²) in [6, 6.07) is 8.49. The minimum absolute atomic E-state index is 0. The summed E-state index contributed by atoms with van der Waals surface area (Å²) in [6.45, 7) is 1.09. The molecule has 0 saturated heterocycles. The molecule has 0 unspecified atom stereocenters. The summed E-state index contributed by atoms with van der Waals surface area (Å²) >= 11 is 0. The van der Waals surface area contributed by atoms with Crippen LogP contribution in [-0.2, 0) is 16.0 Å². The van der Waals surface area contributed by atoms with Crippen molar-refractivity contribution < 1.29 is 101 Å². The molecule has 0 heterocycles. The predicted molar refractivity (Wildman–Crippen MR) is 48.3 cm³/mol. The van der Waals surface area contributed by atoms with Gasteiger partial charge in [-0.15, -0.1) is 0 Å². The molecule has 0 N–H and O–H groups in total. The number of carbonyl (C=O) groups is 2. The molecule has 0 fully saturated rings. The van der Waals surface area contributed by atoms with E-state index in [-0.39, 0.29) is 87.4 Å². The largest absolute Gasteiger partial charge is 1.00 e. The first-order chi connectivity index (χ1) is 6.97. The van der Waals surface area contributed by atoms with Crippen molar-refractivity contribution in [1.29, 1.82) is 0 Å². The van der Waals surface area contributed by atoms with Crippen LogP contribution in [0.15, 0.2) is 30.3 Å². The van der Waals surface area contributed by atoms with E-state index in [0.29, 0.717) is 5.56 Å². The van der Waals surface area contributed by atoms with E-state index < -0.39 is 17.4 Å². The van der Waals surface area contributed by atoms with Gasteiger partial charge < -0.3 is 19.8 Å². The van der Waals surface area contributed by atoms with Crippen LogP contribution in [0.3, 0.4) is 0 Å². The third-order valence-corrected chi connectivity index (χ3v) is 2.30. The predicted octanol–water partition coefficient (Wildman–Crippen LogP) is -7.26. The molecule has 0 aliphatic heterocycles. The van der Waals surface area contributed by atoms with Crippen LogP contribution in [0.5, 0.6) is 0 Å². The third-order valence-electron chi connectivity index (χ3n) is 2.30. The fourth-order valence-electron chi connectivity index (χ4n) is 1.23. The maximum atomic E-state index is 10.7. The Bertz CT molecular complexity index is 366. The van der Waals surface area contributed by atoms with Gasteiger partial charge in [0.05, 0.1) is 17.4 Å². The molecule has 0 aliphatic carbocycles. The summed E-state index contributed by atoms with van der Waals surface area (Å²) in [5, 5.41) is 21.5. The number of carboxylic acid groups (broad SMARTS) is 2. The van der Waals surface area contributed by atoms with Gasteiger partial charge in [-0.25, -0.2) is 0 Å². The average Bonchev–Trinajstić information content (AvgIpc) is 2.18. The van der Waals surface area contributed by atoms with Crippen LogP contribution in [0.2, 0.25) is 0 Å². The van der Waals surface area contributed by atoms with Crippen LogP contribution in [-0.4, -0.2) is 11.9 Å². The Hall–Kier alpha value is 0.796. The van der Waals surface area contributed by atoms with E-state index in [1.165, 1.54) is 0 Å². The zero-order chi connectivity index (χ0) is 11.5. The molecule has 1 aromatic carbocycles. The van der Waals surface area contributed by atoms with Gasteiger partial charge in [0.1, 0.15) is 0 Å². The zero-order valence-corrected chi connectivity index (χ0v) is 15.3. The summed E-state index contributed by atoms with van der Waals surface area (Å²) in [4.78, 5) is 21.5. The SMILES string of the molecule is CC(Cc1ccccc1)(C(=O)[O-])C(=O)[O-].[K+].[Na+]. The molecule has 80 valence electrons. The van der Waals surface area contributed by atoms with E-state index in [2.05, 4.69) is 0 Å². The maximum absolute atomic E-state index is 10.7. The number of hydrogen-bond donors (Lipinski definition) is 0. The first-order valence-corrected chi connectivity index (χ1v) is 4.43. The minimum atomic E-state index is -1.98. The Labute approximate surface area is 165 Å². The van der Waals surface area contributed by atoms with E-state index >= 15 is 0 Å². The fourth-order valence-corrected chi connectivity index (χ4v) is 1.23. The summed E-state index contributed by atoms with van der Waals surface area (Å²) in [5.74, 6) is -3.27. The van der Waals surface area contributed by atoms with Gasteiger partial charge in [0, 0.05) is 0 Å². The summed E-state index contributed by atoms with van der Waals surface area (Å²) in [6.07, 6.45) is -0.140. The third kappa shape index (κ3) is 5.53. The van der Waals surface area contributed by atoms with Gasteiger partial charge in [-0.05, 0) is 18.9 Å². The molecule has 0 spiro atoms. The number of benzene rings is 1. The summed E-state index contributed by atoms with van der Waals surface area (Å²) in [5.41, 5.74) is -1.37. The monoisotopic (exact) mass is 268 g/mol. The second-order valence-electron chi connectivity index (χ2n) is 3.57. The molecule has 0 bridgehead atoms. The fraction of sp³-hybridized carbons (Fsp3) is 0.273. The van der Waals surface area contributed by atoms with Crippen LogP contribution in [0.4, 0.5) is 0 Å².